The van der Waals surface area contributed by atoms with E-state index in [-0.39, 0.29) is 18.3 Å². The third kappa shape index (κ3) is 4.58. The highest BCUT2D eigenvalue weighted by Gasteiger charge is 2.17. The smallest absolute Gasteiger partial charge is 0.225 e. The van der Waals surface area contributed by atoms with Crippen LogP contribution >= 0.6 is 12.4 Å². The summed E-state index contributed by atoms with van der Waals surface area (Å²) in [5.74, 6) is 1.33. The Labute approximate surface area is 125 Å². The lowest BCUT2D eigenvalue weighted by molar-refractivity contribution is -0.116. The second-order valence-corrected chi connectivity index (χ2v) is 4.65. The van der Waals surface area contributed by atoms with Crippen LogP contribution in [0.4, 0.5) is 5.69 Å². The molecule has 1 atom stereocenters. The van der Waals surface area contributed by atoms with Crippen LogP contribution < -0.4 is 20.1 Å². The van der Waals surface area contributed by atoms with E-state index in [2.05, 4.69) is 10.6 Å². The zero-order valence-corrected chi connectivity index (χ0v) is 12.6. The van der Waals surface area contributed by atoms with Crippen LogP contribution in [-0.4, -0.2) is 32.7 Å². The van der Waals surface area contributed by atoms with Crippen LogP contribution in [0.3, 0.4) is 0 Å². The minimum absolute atomic E-state index is 0. The Balaban J connectivity index is 0.00000200. The Bertz CT molecular complexity index is 426. The zero-order valence-electron chi connectivity index (χ0n) is 11.8. The number of benzene rings is 1. The summed E-state index contributed by atoms with van der Waals surface area (Å²) >= 11 is 0. The summed E-state index contributed by atoms with van der Waals surface area (Å²) in [5, 5.41) is 6.19. The van der Waals surface area contributed by atoms with E-state index >= 15 is 0 Å². The second kappa shape index (κ2) is 7.97. The van der Waals surface area contributed by atoms with Crippen molar-refractivity contribution >= 4 is 24.0 Å². The number of hydrogen-bond donors (Lipinski definition) is 2. The van der Waals surface area contributed by atoms with Gasteiger partial charge in [-0.25, -0.2) is 0 Å². The quantitative estimate of drug-likeness (QED) is 0.875. The average Bonchev–Trinajstić information content (AvgIpc) is 2.90. The maximum atomic E-state index is 11.9. The molecule has 1 aromatic carbocycles. The SMILES string of the molecule is COc1cc(NC(=O)CC2CCCN2)cc(OC)c1.Cl. The van der Waals surface area contributed by atoms with Gasteiger partial charge in [-0.1, -0.05) is 0 Å². The minimum Gasteiger partial charge on any atom is -0.497 e. The number of halogens is 1. The van der Waals surface area contributed by atoms with Crippen LogP contribution in [0.15, 0.2) is 18.2 Å². The van der Waals surface area contributed by atoms with Gasteiger partial charge in [-0.05, 0) is 19.4 Å². The number of amides is 1. The standard InChI is InChI=1S/C14H20N2O3.ClH/c1-18-12-6-11(7-13(9-12)19-2)16-14(17)8-10-4-3-5-15-10;/h6-7,9-10,15H,3-5,8H2,1-2H3,(H,16,17);1H. The number of anilines is 1. The molecule has 6 heteroatoms. The summed E-state index contributed by atoms with van der Waals surface area (Å²) in [4.78, 5) is 11.9. The van der Waals surface area contributed by atoms with E-state index in [0.29, 0.717) is 29.6 Å². The summed E-state index contributed by atoms with van der Waals surface area (Å²) in [6, 6.07) is 5.63. The highest BCUT2D eigenvalue weighted by molar-refractivity contribution is 5.91. The molecule has 2 rings (SSSR count). The molecule has 0 radical (unpaired) electrons. The largest absolute Gasteiger partial charge is 0.497 e. The van der Waals surface area contributed by atoms with Gasteiger partial charge in [0.25, 0.3) is 0 Å². The van der Waals surface area contributed by atoms with Gasteiger partial charge in [0.15, 0.2) is 0 Å². The van der Waals surface area contributed by atoms with Gasteiger partial charge in [0, 0.05) is 36.3 Å². The first-order chi connectivity index (χ1) is 9.21. The van der Waals surface area contributed by atoms with Crippen LogP contribution in [0.5, 0.6) is 11.5 Å². The van der Waals surface area contributed by atoms with Crippen LogP contribution in [0.25, 0.3) is 0 Å². The van der Waals surface area contributed by atoms with Crippen LogP contribution in [0.2, 0.25) is 0 Å². The Morgan fingerprint density at radius 2 is 1.95 bits per heavy atom. The fourth-order valence-electron chi connectivity index (χ4n) is 2.25. The third-order valence-electron chi connectivity index (χ3n) is 3.23. The molecule has 1 aliphatic rings. The normalized spacial score (nSPS) is 17.2. The lowest BCUT2D eigenvalue weighted by atomic mass is 10.1. The van der Waals surface area contributed by atoms with Gasteiger partial charge < -0.3 is 20.1 Å². The Morgan fingerprint density at radius 1 is 1.30 bits per heavy atom. The molecule has 1 aromatic rings. The number of methoxy groups -OCH3 is 2. The minimum atomic E-state index is 0. The molecule has 1 heterocycles. The van der Waals surface area contributed by atoms with E-state index in [9.17, 15) is 4.79 Å². The van der Waals surface area contributed by atoms with Crippen molar-refractivity contribution in [2.24, 2.45) is 0 Å². The van der Waals surface area contributed by atoms with Crippen molar-refractivity contribution in [2.75, 3.05) is 26.1 Å². The van der Waals surface area contributed by atoms with Crippen LogP contribution in [0, 0.1) is 0 Å². The number of carbonyl (C=O) groups excluding carboxylic acids is 1. The molecule has 20 heavy (non-hydrogen) atoms. The number of ether oxygens (including phenoxy) is 2. The molecule has 1 unspecified atom stereocenters. The van der Waals surface area contributed by atoms with Gasteiger partial charge in [0.05, 0.1) is 14.2 Å². The van der Waals surface area contributed by atoms with Crippen molar-refractivity contribution in [1.29, 1.82) is 0 Å². The van der Waals surface area contributed by atoms with Crippen LogP contribution in [-0.2, 0) is 4.79 Å². The maximum absolute atomic E-state index is 11.9. The number of carbonyl (C=O) groups is 1. The van der Waals surface area contributed by atoms with Crippen molar-refractivity contribution in [3.8, 4) is 11.5 Å². The molecule has 0 spiro atoms. The first-order valence-electron chi connectivity index (χ1n) is 6.47. The third-order valence-corrected chi connectivity index (χ3v) is 3.23. The summed E-state index contributed by atoms with van der Waals surface area (Å²) in [6.07, 6.45) is 2.71. The fourth-order valence-corrected chi connectivity index (χ4v) is 2.25. The molecule has 0 saturated carbocycles. The van der Waals surface area contributed by atoms with E-state index in [1.807, 2.05) is 0 Å². The first-order valence-corrected chi connectivity index (χ1v) is 6.47. The predicted molar refractivity (Wildman–Crippen MR) is 81.1 cm³/mol. The number of rotatable bonds is 5. The van der Waals surface area contributed by atoms with Crippen molar-refractivity contribution < 1.29 is 14.3 Å². The molecule has 1 saturated heterocycles. The lowest BCUT2D eigenvalue weighted by Gasteiger charge is -2.12. The summed E-state index contributed by atoms with van der Waals surface area (Å²) in [6.45, 7) is 1.00. The van der Waals surface area contributed by atoms with Crippen molar-refractivity contribution in [2.45, 2.75) is 25.3 Å². The number of hydrogen-bond acceptors (Lipinski definition) is 4. The highest BCUT2D eigenvalue weighted by Crippen LogP contribution is 2.26. The second-order valence-electron chi connectivity index (χ2n) is 4.65. The molecule has 112 valence electrons. The van der Waals surface area contributed by atoms with E-state index in [0.717, 1.165) is 19.4 Å². The molecule has 0 aromatic heterocycles. The molecule has 2 N–H and O–H groups in total. The first kappa shape index (κ1) is 16.6. The van der Waals surface area contributed by atoms with E-state index < -0.39 is 0 Å². The summed E-state index contributed by atoms with van der Waals surface area (Å²) in [5.41, 5.74) is 0.694. The topological polar surface area (TPSA) is 59.6 Å². The van der Waals surface area contributed by atoms with Gasteiger partial charge in [0.1, 0.15) is 11.5 Å². The number of nitrogens with one attached hydrogen (secondary N) is 2. The molecule has 1 amide bonds. The van der Waals surface area contributed by atoms with E-state index in [1.54, 1.807) is 32.4 Å². The average molecular weight is 301 g/mol. The lowest BCUT2D eigenvalue weighted by Crippen LogP contribution is -2.27. The molecule has 1 fully saturated rings. The van der Waals surface area contributed by atoms with Crippen molar-refractivity contribution in [3.05, 3.63) is 18.2 Å². The van der Waals surface area contributed by atoms with Gasteiger partial charge in [0.2, 0.25) is 5.91 Å². The molecule has 1 aliphatic heterocycles. The molecular weight excluding hydrogens is 280 g/mol. The highest BCUT2D eigenvalue weighted by atomic mass is 35.5. The predicted octanol–water partition coefficient (Wildman–Crippen LogP) is 2.21. The summed E-state index contributed by atoms with van der Waals surface area (Å²) < 4.78 is 10.3. The molecule has 5 nitrogen and oxygen atoms in total. The zero-order chi connectivity index (χ0) is 13.7. The maximum Gasteiger partial charge on any atom is 0.225 e. The van der Waals surface area contributed by atoms with Gasteiger partial charge >= 0.3 is 0 Å². The Kier molecular flexibility index (Phi) is 6.61. The summed E-state index contributed by atoms with van der Waals surface area (Å²) in [7, 11) is 3.17. The van der Waals surface area contributed by atoms with Gasteiger partial charge in [-0.2, -0.15) is 0 Å². The van der Waals surface area contributed by atoms with Gasteiger partial charge in [-0.3, -0.25) is 4.79 Å². The molecular formula is C14H21ClN2O3. The van der Waals surface area contributed by atoms with Crippen molar-refractivity contribution in [3.63, 3.8) is 0 Å². The van der Waals surface area contributed by atoms with E-state index in [4.69, 9.17) is 9.47 Å². The monoisotopic (exact) mass is 300 g/mol. The fraction of sp³-hybridized carbons (Fsp3) is 0.500. The Hall–Kier alpha value is -1.46. The van der Waals surface area contributed by atoms with Crippen molar-refractivity contribution in [1.82, 2.24) is 5.32 Å². The molecule has 0 aliphatic carbocycles. The van der Waals surface area contributed by atoms with E-state index in [1.165, 1.54) is 0 Å². The molecule has 0 bridgehead atoms. The van der Waals surface area contributed by atoms with Crippen LogP contribution in [0.1, 0.15) is 19.3 Å². The Morgan fingerprint density at radius 3 is 2.45 bits per heavy atom. The van der Waals surface area contributed by atoms with Gasteiger partial charge in [-0.15, -0.1) is 12.4 Å².